The molecule has 0 radical (unpaired) electrons. The van der Waals surface area contributed by atoms with Crippen LogP contribution in [0.5, 0.6) is 0 Å². The van der Waals surface area contributed by atoms with Crippen LogP contribution in [0.2, 0.25) is 0 Å². The van der Waals surface area contributed by atoms with Crippen LogP contribution in [0.4, 0.5) is 0 Å². The van der Waals surface area contributed by atoms with Crippen LogP contribution in [-0.4, -0.2) is 14.7 Å². The van der Waals surface area contributed by atoms with Crippen molar-refractivity contribution in [1.29, 1.82) is 0 Å². The average Bonchev–Trinajstić information content (AvgIpc) is 2.81. The second-order valence-corrected chi connectivity index (χ2v) is 6.87. The molecule has 21 heavy (non-hydrogen) atoms. The lowest BCUT2D eigenvalue weighted by atomic mass is 9.75. The van der Waals surface area contributed by atoms with Crippen LogP contribution in [0.1, 0.15) is 55.8 Å². The van der Waals surface area contributed by atoms with Crippen LogP contribution in [0.25, 0.3) is 0 Å². The fraction of sp³-hybridized carbons (Fsp3) is 0.500. The van der Waals surface area contributed by atoms with Gasteiger partial charge in [-0.2, -0.15) is 0 Å². The van der Waals surface area contributed by atoms with Gasteiger partial charge < -0.3 is 9.67 Å². The molecule has 1 atom stereocenters. The van der Waals surface area contributed by atoms with Crippen molar-refractivity contribution >= 4 is 0 Å². The van der Waals surface area contributed by atoms with Crippen molar-refractivity contribution in [3.63, 3.8) is 0 Å². The lowest BCUT2D eigenvalue weighted by molar-refractivity contribution is 0.0981. The first-order valence-electron chi connectivity index (χ1n) is 7.79. The van der Waals surface area contributed by atoms with Crippen LogP contribution >= 0.6 is 0 Å². The van der Waals surface area contributed by atoms with Crippen LogP contribution in [0.3, 0.4) is 0 Å². The quantitative estimate of drug-likeness (QED) is 0.936. The Morgan fingerprint density at radius 1 is 1.38 bits per heavy atom. The maximum atomic E-state index is 10.3. The molecule has 0 aliphatic heterocycles. The molecule has 0 fully saturated rings. The molecule has 3 nitrogen and oxygen atoms in total. The van der Waals surface area contributed by atoms with E-state index in [1.807, 2.05) is 12.3 Å². The Hall–Kier alpha value is -1.61. The van der Waals surface area contributed by atoms with Crippen molar-refractivity contribution in [2.75, 3.05) is 0 Å². The molecule has 0 amide bonds. The number of rotatable bonds is 3. The molecule has 1 N–H and O–H groups in total. The maximum absolute atomic E-state index is 10.3. The Balaban J connectivity index is 1.95. The number of hydrogen-bond donors (Lipinski definition) is 1. The zero-order valence-electron chi connectivity index (χ0n) is 13.1. The van der Waals surface area contributed by atoms with E-state index < -0.39 is 0 Å². The minimum atomic E-state index is -0.334. The van der Waals surface area contributed by atoms with Gasteiger partial charge in [0, 0.05) is 23.7 Å². The number of aliphatic hydroxyl groups is 1. The Bertz CT molecular complexity index is 642. The first-order valence-corrected chi connectivity index (χ1v) is 7.79. The fourth-order valence-corrected chi connectivity index (χ4v) is 3.43. The number of aryl methyl sites for hydroxylation is 1. The van der Waals surface area contributed by atoms with E-state index in [1.54, 1.807) is 0 Å². The minimum absolute atomic E-state index is 0.153. The van der Waals surface area contributed by atoms with Crippen LogP contribution in [0, 0.1) is 5.41 Å². The number of hydrogen-bond acceptors (Lipinski definition) is 2. The molecule has 3 rings (SSSR count). The molecule has 1 aliphatic carbocycles. The zero-order chi connectivity index (χ0) is 15.0. The summed E-state index contributed by atoms with van der Waals surface area (Å²) in [6, 6.07) is 6.22. The van der Waals surface area contributed by atoms with Crippen molar-refractivity contribution in [2.24, 2.45) is 5.41 Å². The smallest absolute Gasteiger partial charge is 0.0812 e. The predicted octanol–water partition coefficient (Wildman–Crippen LogP) is 3.50. The van der Waals surface area contributed by atoms with Crippen molar-refractivity contribution in [2.45, 2.75) is 52.7 Å². The number of pyridine rings is 1. The van der Waals surface area contributed by atoms with Crippen LogP contribution in [-0.2, 0) is 19.4 Å². The summed E-state index contributed by atoms with van der Waals surface area (Å²) in [6.45, 7) is 7.42. The molecule has 2 aromatic heterocycles. The summed E-state index contributed by atoms with van der Waals surface area (Å²) < 4.78 is 2.26. The molecule has 0 saturated carbocycles. The van der Waals surface area contributed by atoms with E-state index in [0.717, 1.165) is 37.1 Å². The van der Waals surface area contributed by atoms with E-state index in [-0.39, 0.29) is 11.5 Å². The summed E-state index contributed by atoms with van der Waals surface area (Å²) in [4.78, 5) is 4.55. The Labute approximate surface area is 126 Å². The summed E-state index contributed by atoms with van der Waals surface area (Å²) in [5.74, 6) is 0. The fourth-order valence-electron chi connectivity index (χ4n) is 3.43. The second kappa shape index (κ2) is 5.30. The highest BCUT2D eigenvalue weighted by Crippen LogP contribution is 2.41. The van der Waals surface area contributed by atoms with E-state index in [1.165, 1.54) is 11.3 Å². The van der Waals surface area contributed by atoms with Crippen molar-refractivity contribution < 1.29 is 5.11 Å². The summed E-state index contributed by atoms with van der Waals surface area (Å²) in [7, 11) is 0. The van der Waals surface area contributed by atoms with Gasteiger partial charge in [0.2, 0.25) is 0 Å². The largest absolute Gasteiger partial charge is 0.388 e. The third-order valence-electron chi connectivity index (χ3n) is 4.55. The molecule has 0 bridgehead atoms. The lowest BCUT2D eigenvalue weighted by Crippen LogP contribution is -2.27. The highest BCUT2D eigenvalue weighted by molar-refractivity contribution is 5.30. The Kier molecular flexibility index (Phi) is 3.62. The summed E-state index contributed by atoms with van der Waals surface area (Å²) >= 11 is 0. The van der Waals surface area contributed by atoms with Crippen molar-refractivity contribution in [3.8, 4) is 0 Å². The highest BCUT2D eigenvalue weighted by atomic mass is 16.3. The molecule has 3 heteroatoms. The molecule has 1 aliphatic rings. The van der Waals surface area contributed by atoms with Gasteiger partial charge >= 0.3 is 0 Å². The van der Waals surface area contributed by atoms with Gasteiger partial charge in [0.1, 0.15) is 0 Å². The molecule has 0 spiro atoms. The average molecular weight is 284 g/mol. The van der Waals surface area contributed by atoms with Crippen LogP contribution in [0.15, 0.2) is 30.6 Å². The van der Waals surface area contributed by atoms with Gasteiger partial charge in [0.25, 0.3) is 0 Å². The summed E-state index contributed by atoms with van der Waals surface area (Å²) in [5.41, 5.74) is 4.96. The third kappa shape index (κ3) is 2.75. The van der Waals surface area contributed by atoms with E-state index in [4.69, 9.17) is 0 Å². The SMILES string of the molecule is CCc1cccnc1Cn1ccc2c1CC(C)(C)CC2O. The molecule has 0 aromatic carbocycles. The minimum Gasteiger partial charge on any atom is -0.388 e. The highest BCUT2D eigenvalue weighted by Gasteiger charge is 2.33. The van der Waals surface area contributed by atoms with Crippen molar-refractivity contribution in [1.82, 2.24) is 9.55 Å². The van der Waals surface area contributed by atoms with Gasteiger partial charge in [-0.3, -0.25) is 4.98 Å². The van der Waals surface area contributed by atoms with Gasteiger partial charge in [-0.15, -0.1) is 0 Å². The Morgan fingerprint density at radius 3 is 2.95 bits per heavy atom. The maximum Gasteiger partial charge on any atom is 0.0812 e. The van der Waals surface area contributed by atoms with Crippen molar-refractivity contribution in [3.05, 3.63) is 53.1 Å². The zero-order valence-corrected chi connectivity index (χ0v) is 13.1. The first-order chi connectivity index (χ1) is 10.00. The lowest BCUT2D eigenvalue weighted by Gasteiger charge is -2.34. The molecule has 112 valence electrons. The molecule has 2 aromatic rings. The van der Waals surface area contributed by atoms with Gasteiger partial charge in [0.05, 0.1) is 18.3 Å². The van der Waals surface area contributed by atoms with Gasteiger partial charge in [-0.1, -0.05) is 26.8 Å². The van der Waals surface area contributed by atoms with E-state index in [2.05, 4.69) is 48.7 Å². The number of aromatic nitrogens is 2. The van der Waals surface area contributed by atoms with E-state index >= 15 is 0 Å². The van der Waals surface area contributed by atoms with E-state index in [9.17, 15) is 5.11 Å². The Morgan fingerprint density at radius 2 is 2.19 bits per heavy atom. The monoisotopic (exact) mass is 284 g/mol. The number of fused-ring (bicyclic) bond motifs is 1. The normalized spacial score (nSPS) is 20.3. The van der Waals surface area contributed by atoms with Gasteiger partial charge in [-0.25, -0.2) is 0 Å². The molecule has 1 unspecified atom stereocenters. The number of aliphatic hydroxyl groups excluding tert-OH is 1. The molecule has 0 saturated heterocycles. The summed E-state index contributed by atoms with van der Waals surface area (Å²) in [6.07, 6.45) is 6.49. The molecular weight excluding hydrogens is 260 g/mol. The topological polar surface area (TPSA) is 38.0 Å². The predicted molar refractivity (Wildman–Crippen MR) is 84.2 cm³/mol. The molecule has 2 heterocycles. The van der Waals surface area contributed by atoms with E-state index in [0.29, 0.717) is 0 Å². The standard InChI is InChI=1S/C18H24N2O/c1-4-13-6-5-8-19-15(13)12-20-9-7-14-16(20)10-18(2,3)11-17(14)21/h5-9,17,21H,4,10-12H2,1-3H3. The van der Waals surface area contributed by atoms with Gasteiger partial charge in [0.15, 0.2) is 0 Å². The van der Waals surface area contributed by atoms with Crippen LogP contribution < -0.4 is 0 Å². The summed E-state index contributed by atoms with van der Waals surface area (Å²) in [5, 5.41) is 10.3. The first kappa shape index (κ1) is 14.3. The number of nitrogens with zero attached hydrogens (tertiary/aromatic N) is 2. The third-order valence-corrected chi connectivity index (χ3v) is 4.55. The molecular formula is C18H24N2O. The van der Waals surface area contributed by atoms with Gasteiger partial charge in [-0.05, 0) is 42.4 Å². The second-order valence-electron chi connectivity index (χ2n) is 6.87.